The molecule has 1 unspecified atom stereocenters. The molecule has 0 bridgehead atoms. The van der Waals surface area contributed by atoms with Crippen molar-refractivity contribution in [2.24, 2.45) is 5.73 Å². The molecular weight excluding hydrogens is 413 g/mol. The van der Waals surface area contributed by atoms with Crippen molar-refractivity contribution in [3.05, 3.63) is 66.5 Å². The third kappa shape index (κ3) is 3.96. The van der Waals surface area contributed by atoms with Crippen LogP contribution < -0.4 is 5.73 Å². The molecule has 100 valence electrons. The largest absolute Gasteiger partial charge is 0.324 e. The number of benzene rings is 2. The molecule has 0 aliphatic heterocycles. The van der Waals surface area contributed by atoms with Crippen LogP contribution in [0.25, 0.3) is 0 Å². The molecule has 2 rings (SSSR count). The average Bonchev–Trinajstić information content (AvgIpc) is 2.35. The molecule has 0 aromatic heterocycles. The fourth-order valence-electron chi connectivity index (χ4n) is 1.83. The van der Waals surface area contributed by atoms with Gasteiger partial charge >= 0.3 is 0 Å². The maximum Gasteiger partial charge on any atom is 0.0454 e. The van der Waals surface area contributed by atoms with Crippen LogP contribution in [0, 0.1) is 0 Å². The van der Waals surface area contributed by atoms with Gasteiger partial charge in [0.1, 0.15) is 0 Å². The van der Waals surface area contributed by atoms with Gasteiger partial charge < -0.3 is 5.73 Å². The summed E-state index contributed by atoms with van der Waals surface area (Å²) in [5.74, 6) is 0. The van der Waals surface area contributed by atoms with Crippen LogP contribution in [0.3, 0.4) is 0 Å². The third-order valence-electron chi connectivity index (χ3n) is 2.81. The van der Waals surface area contributed by atoms with E-state index in [0.29, 0.717) is 16.5 Å². The first-order chi connectivity index (χ1) is 8.97. The van der Waals surface area contributed by atoms with Crippen molar-refractivity contribution in [2.75, 3.05) is 0 Å². The lowest BCUT2D eigenvalue weighted by Gasteiger charge is -2.15. The third-order valence-corrected chi connectivity index (χ3v) is 4.50. The molecule has 2 aromatic rings. The van der Waals surface area contributed by atoms with Crippen LogP contribution in [0.5, 0.6) is 0 Å². The van der Waals surface area contributed by atoms with Gasteiger partial charge in [0, 0.05) is 25.0 Å². The fourth-order valence-corrected chi connectivity index (χ4v) is 3.22. The van der Waals surface area contributed by atoms with Gasteiger partial charge in [-0.25, -0.2) is 0 Å². The average molecular weight is 424 g/mol. The predicted molar refractivity (Wildman–Crippen MR) is 88.9 cm³/mol. The fraction of sp³-hybridized carbons (Fsp3) is 0.143. The first-order valence-electron chi connectivity index (χ1n) is 5.62. The molecule has 0 saturated carbocycles. The van der Waals surface area contributed by atoms with Gasteiger partial charge in [0.05, 0.1) is 0 Å². The van der Waals surface area contributed by atoms with Crippen molar-refractivity contribution >= 4 is 55.1 Å². The zero-order valence-corrected chi connectivity index (χ0v) is 14.5. The van der Waals surface area contributed by atoms with Crippen LogP contribution in [-0.4, -0.2) is 0 Å². The Hall–Kier alpha value is -0.0600. The Bertz CT molecular complexity index is 602. The van der Waals surface area contributed by atoms with Crippen molar-refractivity contribution in [3.8, 4) is 0 Å². The summed E-state index contributed by atoms with van der Waals surface area (Å²) in [5.41, 5.74) is 8.15. The van der Waals surface area contributed by atoms with Crippen molar-refractivity contribution in [1.29, 1.82) is 0 Å². The number of nitrogens with two attached hydrogens (primary N) is 1. The summed E-state index contributed by atoms with van der Waals surface area (Å²) in [6.07, 6.45) is 0.641. The number of hydrogen-bond donors (Lipinski definition) is 1. The second-order valence-electron chi connectivity index (χ2n) is 4.21. The van der Waals surface area contributed by atoms with Crippen LogP contribution in [0.1, 0.15) is 17.2 Å². The topological polar surface area (TPSA) is 26.0 Å². The molecule has 0 radical (unpaired) electrons. The lowest BCUT2D eigenvalue weighted by Crippen LogP contribution is -2.14. The zero-order valence-electron chi connectivity index (χ0n) is 9.84. The molecular formula is C14H11Br2Cl2N. The molecule has 0 aliphatic carbocycles. The minimum Gasteiger partial charge on any atom is -0.324 e. The molecule has 5 heteroatoms. The molecule has 1 nitrogen and oxygen atoms in total. The van der Waals surface area contributed by atoms with Crippen molar-refractivity contribution < 1.29 is 0 Å². The smallest absolute Gasteiger partial charge is 0.0454 e. The van der Waals surface area contributed by atoms with Gasteiger partial charge in [-0.3, -0.25) is 0 Å². The van der Waals surface area contributed by atoms with Gasteiger partial charge in [-0.15, -0.1) is 0 Å². The van der Waals surface area contributed by atoms with Crippen molar-refractivity contribution in [3.63, 3.8) is 0 Å². The van der Waals surface area contributed by atoms with E-state index in [-0.39, 0.29) is 6.04 Å². The van der Waals surface area contributed by atoms with Crippen LogP contribution >= 0.6 is 55.1 Å². The Kier molecular flexibility index (Phi) is 5.32. The number of rotatable bonds is 3. The standard InChI is InChI=1S/C14H11Br2Cl2N/c15-9-3-4-12(17)11(6-9)14(19)5-8-1-2-10(16)7-13(8)18/h1-4,6-7,14H,5,19H2. The molecule has 0 aliphatic rings. The van der Waals surface area contributed by atoms with E-state index >= 15 is 0 Å². The Labute approximate surface area is 139 Å². The molecule has 0 saturated heterocycles. The first kappa shape index (κ1) is 15.3. The molecule has 0 amide bonds. The summed E-state index contributed by atoms with van der Waals surface area (Å²) in [6.45, 7) is 0. The normalized spacial score (nSPS) is 12.5. The van der Waals surface area contributed by atoms with Crippen molar-refractivity contribution in [1.82, 2.24) is 0 Å². The van der Waals surface area contributed by atoms with E-state index in [1.54, 1.807) is 0 Å². The minimum atomic E-state index is -0.191. The maximum atomic E-state index is 6.23. The summed E-state index contributed by atoms with van der Waals surface area (Å²) < 4.78 is 1.92. The van der Waals surface area contributed by atoms with E-state index in [4.69, 9.17) is 28.9 Å². The van der Waals surface area contributed by atoms with E-state index < -0.39 is 0 Å². The maximum absolute atomic E-state index is 6.23. The minimum absolute atomic E-state index is 0.191. The van der Waals surface area contributed by atoms with E-state index in [1.165, 1.54) is 0 Å². The summed E-state index contributed by atoms with van der Waals surface area (Å²) in [6, 6.07) is 11.3. The molecule has 19 heavy (non-hydrogen) atoms. The van der Waals surface area contributed by atoms with Gasteiger partial charge in [-0.1, -0.05) is 61.1 Å². The van der Waals surface area contributed by atoms with Crippen LogP contribution in [0.2, 0.25) is 10.0 Å². The van der Waals surface area contributed by atoms with E-state index in [1.807, 2.05) is 36.4 Å². The Morgan fingerprint density at radius 1 is 0.947 bits per heavy atom. The summed E-state index contributed by atoms with van der Waals surface area (Å²) in [5, 5.41) is 1.37. The number of halogens is 4. The Morgan fingerprint density at radius 3 is 2.26 bits per heavy atom. The van der Waals surface area contributed by atoms with Crippen LogP contribution in [0.15, 0.2) is 45.3 Å². The number of hydrogen-bond acceptors (Lipinski definition) is 1. The summed E-state index contributed by atoms with van der Waals surface area (Å²) in [4.78, 5) is 0. The second kappa shape index (κ2) is 6.59. The lowest BCUT2D eigenvalue weighted by atomic mass is 10.00. The molecule has 0 heterocycles. The quantitative estimate of drug-likeness (QED) is 0.667. The Balaban J connectivity index is 2.25. The molecule has 2 N–H and O–H groups in total. The van der Waals surface area contributed by atoms with E-state index in [9.17, 15) is 0 Å². The van der Waals surface area contributed by atoms with Gasteiger partial charge in [0.2, 0.25) is 0 Å². The highest BCUT2D eigenvalue weighted by Gasteiger charge is 2.13. The van der Waals surface area contributed by atoms with Gasteiger partial charge in [0.15, 0.2) is 0 Å². The molecule has 2 aromatic carbocycles. The van der Waals surface area contributed by atoms with Gasteiger partial charge in [-0.05, 0) is 47.9 Å². The van der Waals surface area contributed by atoms with Gasteiger partial charge in [0.25, 0.3) is 0 Å². The predicted octanol–water partition coefficient (Wildman–Crippen LogP) is 5.76. The molecule has 1 atom stereocenters. The highest BCUT2D eigenvalue weighted by Crippen LogP contribution is 2.30. The van der Waals surface area contributed by atoms with E-state index in [0.717, 1.165) is 20.1 Å². The SMILES string of the molecule is NC(Cc1ccc(Br)cc1Cl)c1cc(Br)ccc1Cl. The summed E-state index contributed by atoms with van der Waals surface area (Å²) in [7, 11) is 0. The molecule has 0 spiro atoms. The second-order valence-corrected chi connectivity index (χ2v) is 6.86. The highest BCUT2D eigenvalue weighted by atomic mass is 79.9. The van der Waals surface area contributed by atoms with Crippen LogP contribution in [0.4, 0.5) is 0 Å². The first-order valence-corrected chi connectivity index (χ1v) is 7.96. The zero-order chi connectivity index (χ0) is 14.0. The Morgan fingerprint density at radius 2 is 1.58 bits per heavy atom. The van der Waals surface area contributed by atoms with Gasteiger partial charge in [-0.2, -0.15) is 0 Å². The van der Waals surface area contributed by atoms with Crippen LogP contribution in [-0.2, 0) is 6.42 Å². The van der Waals surface area contributed by atoms with E-state index in [2.05, 4.69) is 31.9 Å². The highest BCUT2D eigenvalue weighted by molar-refractivity contribution is 9.10. The monoisotopic (exact) mass is 421 g/mol. The summed E-state index contributed by atoms with van der Waals surface area (Å²) >= 11 is 19.2. The van der Waals surface area contributed by atoms with Crippen molar-refractivity contribution in [2.45, 2.75) is 12.5 Å². The molecule has 0 fully saturated rings. The lowest BCUT2D eigenvalue weighted by molar-refractivity contribution is 0.722.